The van der Waals surface area contributed by atoms with E-state index in [0.717, 1.165) is 5.56 Å². The zero-order valence-corrected chi connectivity index (χ0v) is 11.1. The van der Waals surface area contributed by atoms with Crippen LogP contribution in [0, 0.1) is 5.82 Å². The zero-order chi connectivity index (χ0) is 15.0. The molecule has 2 nitrogen and oxygen atoms in total. The number of benzene rings is 2. The van der Waals surface area contributed by atoms with Crippen LogP contribution in [0.25, 0.3) is 0 Å². The minimum absolute atomic E-state index is 0.0265. The van der Waals surface area contributed by atoms with Gasteiger partial charge in [0.15, 0.2) is 0 Å². The first kappa shape index (κ1) is 13.9. The molecule has 0 aliphatic carbocycles. The summed E-state index contributed by atoms with van der Waals surface area (Å²) in [5.41, 5.74) is 7.44. The average Bonchev–Trinajstić information content (AvgIpc) is 2.48. The minimum Gasteiger partial charge on any atom is -0.485 e. The van der Waals surface area contributed by atoms with Gasteiger partial charge in [-0.3, -0.25) is 0 Å². The Kier molecular flexibility index (Phi) is 3.59. The number of nitrogens with two attached hydrogens (primary N) is 1. The van der Waals surface area contributed by atoms with Crippen molar-refractivity contribution in [2.75, 3.05) is 0 Å². The van der Waals surface area contributed by atoms with Gasteiger partial charge in [0, 0.05) is 23.6 Å². The third-order valence-corrected chi connectivity index (χ3v) is 3.67. The fourth-order valence-corrected chi connectivity index (χ4v) is 2.54. The van der Waals surface area contributed by atoms with Gasteiger partial charge in [-0.2, -0.15) is 0 Å². The molecule has 2 atom stereocenters. The topological polar surface area (TPSA) is 35.2 Å². The van der Waals surface area contributed by atoms with Crippen molar-refractivity contribution >= 4 is 0 Å². The van der Waals surface area contributed by atoms with Crippen LogP contribution in [-0.2, 0) is 0 Å². The third kappa shape index (κ3) is 2.74. The van der Waals surface area contributed by atoms with Crippen molar-refractivity contribution < 1.29 is 17.9 Å². The maximum absolute atomic E-state index is 13.2. The SMILES string of the molecule is N[C@H]1CC(c2ccc(C(F)F)cc2)Oc2ccc(F)cc21. The van der Waals surface area contributed by atoms with Gasteiger partial charge in [0.2, 0.25) is 0 Å². The smallest absolute Gasteiger partial charge is 0.263 e. The molecule has 0 aromatic heterocycles. The van der Waals surface area contributed by atoms with Crippen LogP contribution < -0.4 is 10.5 Å². The van der Waals surface area contributed by atoms with Crippen molar-refractivity contribution in [2.24, 2.45) is 5.73 Å². The van der Waals surface area contributed by atoms with Gasteiger partial charge in [0.1, 0.15) is 17.7 Å². The van der Waals surface area contributed by atoms with Crippen LogP contribution in [0.2, 0.25) is 0 Å². The van der Waals surface area contributed by atoms with Crippen LogP contribution in [0.3, 0.4) is 0 Å². The second kappa shape index (κ2) is 5.41. The normalized spacial score (nSPS) is 21.0. The summed E-state index contributed by atoms with van der Waals surface area (Å²) in [6.45, 7) is 0. The first-order chi connectivity index (χ1) is 10.0. The third-order valence-electron chi connectivity index (χ3n) is 3.67. The highest BCUT2D eigenvalue weighted by Crippen LogP contribution is 2.40. The number of halogens is 3. The molecule has 0 fully saturated rings. The summed E-state index contributed by atoms with van der Waals surface area (Å²) < 4.78 is 44.1. The van der Waals surface area contributed by atoms with Gasteiger partial charge in [-0.1, -0.05) is 24.3 Å². The fraction of sp³-hybridized carbons (Fsp3) is 0.250. The first-order valence-electron chi connectivity index (χ1n) is 6.64. The highest BCUT2D eigenvalue weighted by molar-refractivity contribution is 5.39. The molecular weight excluding hydrogens is 279 g/mol. The second-order valence-corrected chi connectivity index (χ2v) is 5.10. The Hall–Kier alpha value is -2.01. The van der Waals surface area contributed by atoms with E-state index in [1.165, 1.54) is 24.3 Å². The van der Waals surface area contributed by atoms with Crippen molar-refractivity contribution in [1.82, 2.24) is 0 Å². The predicted molar refractivity (Wildman–Crippen MR) is 72.7 cm³/mol. The van der Waals surface area contributed by atoms with Crippen LogP contribution in [0.15, 0.2) is 42.5 Å². The maximum Gasteiger partial charge on any atom is 0.263 e. The van der Waals surface area contributed by atoms with E-state index in [-0.39, 0.29) is 23.5 Å². The first-order valence-corrected chi connectivity index (χ1v) is 6.64. The predicted octanol–water partition coefficient (Wildman–Crippen LogP) is 4.29. The molecule has 0 spiro atoms. The van der Waals surface area contributed by atoms with Crippen LogP contribution in [-0.4, -0.2) is 0 Å². The molecule has 0 saturated heterocycles. The number of hydrogen-bond acceptors (Lipinski definition) is 2. The van der Waals surface area contributed by atoms with Gasteiger partial charge in [-0.05, 0) is 23.8 Å². The van der Waals surface area contributed by atoms with Gasteiger partial charge < -0.3 is 10.5 Å². The molecule has 1 aliphatic heterocycles. The van der Waals surface area contributed by atoms with E-state index in [1.54, 1.807) is 18.2 Å². The van der Waals surface area contributed by atoms with Gasteiger partial charge in [0.25, 0.3) is 6.43 Å². The molecule has 1 aliphatic rings. The van der Waals surface area contributed by atoms with Gasteiger partial charge in [-0.25, -0.2) is 13.2 Å². The van der Waals surface area contributed by atoms with E-state index in [2.05, 4.69) is 0 Å². The minimum atomic E-state index is -2.49. The van der Waals surface area contributed by atoms with E-state index >= 15 is 0 Å². The molecule has 3 rings (SSSR count). The number of ether oxygens (including phenoxy) is 1. The highest BCUT2D eigenvalue weighted by atomic mass is 19.3. The monoisotopic (exact) mass is 293 g/mol. The summed E-state index contributed by atoms with van der Waals surface area (Å²) in [6, 6.07) is 9.89. The maximum atomic E-state index is 13.2. The number of fused-ring (bicyclic) bond motifs is 1. The van der Waals surface area contributed by atoms with Crippen molar-refractivity contribution in [1.29, 1.82) is 0 Å². The summed E-state index contributed by atoms with van der Waals surface area (Å²) in [5, 5.41) is 0. The van der Waals surface area contributed by atoms with E-state index in [1.807, 2.05) is 0 Å². The van der Waals surface area contributed by atoms with E-state index in [0.29, 0.717) is 17.7 Å². The Balaban J connectivity index is 1.86. The molecule has 5 heteroatoms. The Bertz CT molecular complexity index is 642. The Labute approximate surface area is 120 Å². The lowest BCUT2D eigenvalue weighted by Crippen LogP contribution is -2.24. The van der Waals surface area contributed by atoms with Crippen molar-refractivity contribution in [3.8, 4) is 5.75 Å². The molecule has 1 heterocycles. The van der Waals surface area contributed by atoms with Gasteiger partial charge in [-0.15, -0.1) is 0 Å². The number of alkyl halides is 2. The molecule has 2 aromatic rings. The molecular formula is C16H14F3NO. The molecule has 0 amide bonds. The summed E-state index contributed by atoms with van der Waals surface area (Å²) in [7, 11) is 0. The van der Waals surface area contributed by atoms with Gasteiger partial charge in [0.05, 0.1) is 0 Å². The standard InChI is InChI=1S/C16H14F3NO/c17-11-5-6-14-12(7-11)13(20)8-15(21-14)9-1-3-10(4-2-9)16(18)19/h1-7,13,15-16H,8,20H2/t13-,15?/m0/s1. The van der Waals surface area contributed by atoms with E-state index in [9.17, 15) is 13.2 Å². The molecule has 0 radical (unpaired) electrons. The highest BCUT2D eigenvalue weighted by Gasteiger charge is 2.27. The van der Waals surface area contributed by atoms with Crippen LogP contribution in [0.1, 0.15) is 41.7 Å². The van der Waals surface area contributed by atoms with Crippen molar-refractivity contribution in [3.63, 3.8) is 0 Å². The molecule has 0 bridgehead atoms. The largest absolute Gasteiger partial charge is 0.485 e. The van der Waals surface area contributed by atoms with Gasteiger partial charge >= 0.3 is 0 Å². The zero-order valence-electron chi connectivity index (χ0n) is 11.1. The van der Waals surface area contributed by atoms with Crippen LogP contribution in [0.4, 0.5) is 13.2 Å². The lowest BCUT2D eigenvalue weighted by molar-refractivity contribution is 0.150. The van der Waals surface area contributed by atoms with E-state index in [4.69, 9.17) is 10.5 Å². The van der Waals surface area contributed by atoms with E-state index < -0.39 is 6.43 Å². The Morgan fingerprint density at radius 3 is 2.48 bits per heavy atom. The molecule has 21 heavy (non-hydrogen) atoms. The lowest BCUT2D eigenvalue weighted by Gasteiger charge is -2.30. The Morgan fingerprint density at radius 2 is 1.81 bits per heavy atom. The number of rotatable bonds is 2. The Morgan fingerprint density at radius 1 is 1.10 bits per heavy atom. The lowest BCUT2D eigenvalue weighted by atomic mass is 9.93. The molecule has 1 unspecified atom stereocenters. The molecule has 2 N–H and O–H groups in total. The summed E-state index contributed by atoms with van der Waals surface area (Å²) in [5.74, 6) is 0.186. The quantitative estimate of drug-likeness (QED) is 0.896. The second-order valence-electron chi connectivity index (χ2n) is 5.10. The van der Waals surface area contributed by atoms with Crippen molar-refractivity contribution in [2.45, 2.75) is 25.0 Å². The summed E-state index contributed by atoms with van der Waals surface area (Å²) in [4.78, 5) is 0. The average molecular weight is 293 g/mol. The molecule has 110 valence electrons. The number of hydrogen-bond donors (Lipinski definition) is 1. The molecule has 0 saturated carbocycles. The van der Waals surface area contributed by atoms with Crippen molar-refractivity contribution in [3.05, 3.63) is 65.0 Å². The fourth-order valence-electron chi connectivity index (χ4n) is 2.54. The molecule has 2 aromatic carbocycles. The van der Waals surface area contributed by atoms with Crippen LogP contribution >= 0.6 is 0 Å². The summed E-state index contributed by atoms with van der Waals surface area (Å²) >= 11 is 0. The summed E-state index contributed by atoms with van der Waals surface area (Å²) in [6.07, 6.45) is -2.33. The van der Waals surface area contributed by atoms with Crippen LogP contribution in [0.5, 0.6) is 5.75 Å².